The Morgan fingerprint density at radius 2 is 2.00 bits per heavy atom. The van der Waals surface area contributed by atoms with E-state index in [1.54, 1.807) is 18.3 Å². The Hall–Kier alpha value is -1.88. The average Bonchev–Trinajstić information content (AvgIpc) is 2.42. The number of amides is 1. The van der Waals surface area contributed by atoms with Crippen LogP contribution in [0.4, 0.5) is 11.5 Å². The zero-order chi connectivity index (χ0) is 14.7. The molecule has 0 radical (unpaired) electrons. The number of carbonyl (C=O) groups is 1. The van der Waals surface area contributed by atoms with Gasteiger partial charge in [0.25, 0.3) is 5.91 Å². The maximum atomic E-state index is 12.4. The predicted octanol–water partition coefficient (Wildman–Crippen LogP) is 3.47. The molecule has 1 heterocycles. The standard InChI is InChI=1S/C15H16BrN3O/c1-10-6-4-7-11(13(10)16)15(20)18-12-8-5-9-17-14(12)19(2)3/h4-9H,1-3H3,(H,18,20). The molecule has 20 heavy (non-hydrogen) atoms. The van der Waals surface area contributed by atoms with Gasteiger partial charge in [-0.05, 0) is 46.6 Å². The summed E-state index contributed by atoms with van der Waals surface area (Å²) in [4.78, 5) is 18.5. The van der Waals surface area contributed by atoms with E-state index in [1.807, 2.05) is 44.1 Å². The van der Waals surface area contributed by atoms with Gasteiger partial charge in [0.15, 0.2) is 5.82 Å². The molecule has 0 saturated heterocycles. The van der Waals surface area contributed by atoms with E-state index < -0.39 is 0 Å². The number of halogens is 1. The smallest absolute Gasteiger partial charge is 0.256 e. The van der Waals surface area contributed by atoms with Crippen LogP contribution in [0, 0.1) is 6.92 Å². The van der Waals surface area contributed by atoms with Crippen LogP contribution in [0.15, 0.2) is 41.0 Å². The highest BCUT2D eigenvalue weighted by Crippen LogP contribution is 2.25. The van der Waals surface area contributed by atoms with Crippen molar-refractivity contribution in [1.82, 2.24) is 4.98 Å². The summed E-state index contributed by atoms with van der Waals surface area (Å²) in [7, 11) is 3.78. The third-order valence-electron chi connectivity index (χ3n) is 2.89. The fraction of sp³-hybridized carbons (Fsp3) is 0.200. The molecular weight excluding hydrogens is 318 g/mol. The first-order valence-corrected chi connectivity index (χ1v) is 6.99. The molecule has 5 heteroatoms. The van der Waals surface area contributed by atoms with Gasteiger partial charge in [-0.15, -0.1) is 0 Å². The van der Waals surface area contributed by atoms with Gasteiger partial charge in [-0.25, -0.2) is 4.98 Å². The number of aryl methyl sites for hydroxylation is 1. The first kappa shape index (κ1) is 14.5. The molecule has 0 fully saturated rings. The molecule has 0 aliphatic heterocycles. The van der Waals surface area contributed by atoms with Crippen LogP contribution in [-0.2, 0) is 0 Å². The first-order valence-electron chi connectivity index (χ1n) is 6.19. The third-order valence-corrected chi connectivity index (χ3v) is 3.95. The molecule has 0 saturated carbocycles. The molecule has 1 aromatic heterocycles. The van der Waals surface area contributed by atoms with E-state index >= 15 is 0 Å². The van der Waals surface area contributed by atoms with Crippen LogP contribution in [0.1, 0.15) is 15.9 Å². The molecule has 2 aromatic rings. The summed E-state index contributed by atoms with van der Waals surface area (Å²) in [6, 6.07) is 9.25. The maximum Gasteiger partial charge on any atom is 0.256 e. The third kappa shape index (κ3) is 2.99. The van der Waals surface area contributed by atoms with Crippen LogP contribution in [0.3, 0.4) is 0 Å². The van der Waals surface area contributed by atoms with E-state index in [0.29, 0.717) is 11.3 Å². The lowest BCUT2D eigenvalue weighted by molar-refractivity contribution is 0.102. The molecule has 0 atom stereocenters. The average molecular weight is 334 g/mol. The predicted molar refractivity (Wildman–Crippen MR) is 85.4 cm³/mol. The summed E-state index contributed by atoms with van der Waals surface area (Å²) < 4.78 is 0.813. The lowest BCUT2D eigenvalue weighted by Crippen LogP contribution is -2.18. The fourth-order valence-corrected chi connectivity index (χ4v) is 2.31. The Kier molecular flexibility index (Phi) is 4.39. The van der Waals surface area contributed by atoms with Gasteiger partial charge in [-0.3, -0.25) is 4.79 Å². The van der Waals surface area contributed by atoms with Crippen LogP contribution in [0.25, 0.3) is 0 Å². The lowest BCUT2D eigenvalue weighted by Gasteiger charge is -2.16. The van der Waals surface area contributed by atoms with Crippen molar-refractivity contribution in [3.63, 3.8) is 0 Å². The molecule has 1 amide bonds. The Labute approximate surface area is 127 Å². The van der Waals surface area contributed by atoms with E-state index in [-0.39, 0.29) is 5.91 Å². The Morgan fingerprint density at radius 3 is 2.70 bits per heavy atom. The lowest BCUT2D eigenvalue weighted by atomic mass is 10.1. The highest BCUT2D eigenvalue weighted by molar-refractivity contribution is 9.10. The normalized spacial score (nSPS) is 10.2. The number of hydrogen-bond donors (Lipinski definition) is 1. The number of nitrogens with one attached hydrogen (secondary N) is 1. The van der Waals surface area contributed by atoms with Crippen LogP contribution >= 0.6 is 15.9 Å². The monoisotopic (exact) mass is 333 g/mol. The molecule has 1 N–H and O–H groups in total. The molecule has 0 aliphatic rings. The van der Waals surface area contributed by atoms with Gasteiger partial charge in [0.2, 0.25) is 0 Å². The van der Waals surface area contributed by atoms with Crippen molar-refractivity contribution in [2.45, 2.75) is 6.92 Å². The highest BCUT2D eigenvalue weighted by atomic mass is 79.9. The summed E-state index contributed by atoms with van der Waals surface area (Å²) >= 11 is 3.45. The maximum absolute atomic E-state index is 12.4. The Morgan fingerprint density at radius 1 is 1.25 bits per heavy atom. The molecule has 2 rings (SSSR count). The number of benzene rings is 1. The van der Waals surface area contributed by atoms with Gasteiger partial charge in [-0.2, -0.15) is 0 Å². The highest BCUT2D eigenvalue weighted by Gasteiger charge is 2.14. The molecule has 4 nitrogen and oxygen atoms in total. The fourth-order valence-electron chi connectivity index (χ4n) is 1.86. The van der Waals surface area contributed by atoms with E-state index in [1.165, 1.54) is 0 Å². The van der Waals surface area contributed by atoms with Crippen molar-refractivity contribution in [1.29, 1.82) is 0 Å². The van der Waals surface area contributed by atoms with Crippen molar-refractivity contribution < 1.29 is 4.79 Å². The number of pyridine rings is 1. The van der Waals surface area contributed by atoms with E-state index in [4.69, 9.17) is 0 Å². The number of aromatic nitrogens is 1. The molecule has 0 bridgehead atoms. The molecule has 0 aliphatic carbocycles. The minimum atomic E-state index is -0.156. The van der Waals surface area contributed by atoms with Crippen molar-refractivity contribution in [3.8, 4) is 0 Å². The summed E-state index contributed by atoms with van der Waals surface area (Å²) in [6.07, 6.45) is 1.70. The minimum Gasteiger partial charge on any atom is -0.361 e. The van der Waals surface area contributed by atoms with Gasteiger partial charge in [0.1, 0.15) is 0 Å². The van der Waals surface area contributed by atoms with E-state index in [9.17, 15) is 4.79 Å². The van der Waals surface area contributed by atoms with Crippen LogP contribution in [0.2, 0.25) is 0 Å². The summed E-state index contributed by atoms with van der Waals surface area (Å²) in [5, 5.41) is 2.90. The van der Waals surface area contributed by atoms with Crippen LogP contribution < -0.4 is 10.2 Å². The zero-order valence-electron chi connectivity index (χ0n) is 11.6. The van der Waals surface area contributed by atoms with Crippen molar-refractivity contribution >= 4 is 33.3 Å². The summed E-state index contributed by atoms with van der Waals surface area (Å²) in [5.41, 5.74) is 2.33. The van der Waals surface area contributed by atoms with E-state index in [2.05, 4.69) is 26.2 Å². The molecule has 104 valence electrons. The second kappa shape index (κ2) is 6.05. The largest absolute Gasteiger partial charge is 0.361 e. The van der Waals surface area contributed by atoms with Gasteiger partial charge >= 0.3 is 0 Å². The van der Waals surface area contributed by atoms with E-state index in [0.717, 1.165) is 15.9 Å². The van der Waals surface area contributed by atoms with Gasteiger partial charge in [0.05, 0.1) is 11.3 Å². The quantitative estimate of drug-likeness (QED) is 0.935. The number of hydrogen-bond acceptors (Lipinski definition) is 3. The van der Waals surface area contributed by atoms with Crippen LogP contribution in [0.5, 0.6) is 0 Å². The zero-order valence-corrected chi connectivity index (χ0v) is 13.2. The molecule has 0 unspecified atom stereocenters. The summed E-state index contributed by atoms with van der Waals surface area (Å²) in [5.74, 6) is 0.571. The molecular formula is C15H16BrN3O. The Balaban J connectivity index is 2.31. The second-order valence-electron chi connectivity index (χ2n) is 4.66. The molecule has 0 spiro atoms. The minimum absolute atomic E-state index is 0.156. The topological polar surface area (TPSA) is 45.2 Å². The van der Waals surface area contributed by atoms with Gasteiger partial charge in [0, 0.05) is 24.8 Å². The van der Waals surface area contributed by atoms with Crippen molar-refractivity contribution in [2.75, 3.05) is 24.3 Å². The van der Waals surface area contributed by atoms with Crippen LogP contribution in [-0.4, -0.2) is 25.0 Å². The molecule has 1 aromatic carbocycles. The van der Waals surface area contributed by atoms with Gasteiger partial charge in [-0.1, -0.05) is 12.1 Å². The van der Waals surface area contributed by atoms with Crippen molar-refractivity contribution in [2.24, 2.45) is 0 Å². The SMILES string of the molecule is Cc1cccc(C(=O)Nc2cccnc2N(C)C)c1Br. The number of carbonyl (C=O) groups excluding carboxylic acids is 1. The van der Waals surface area contributed by atoms with Gasteiger partial charge < -0.3 is 10.2 Å². The number of anilines is 2. The number of rotatable bonds is 3. The first-order chi connectivity index (χ1) is 9.50. The number of nitrogens with zero attached hydrogens (tertiary/aromatic N) is 2. The summed E-state index contributed by atoms with van der Waals surface area (Å²) in [6.45, 7) is 1.95. The van der Waals surface area contributed by atoms with Crippen molar-refractivity contribution in [3.05, 3.63) is 52.1 Å². The Bertz CT molecular complexity index is 641. The second-order valence-corrected chi connectivity index (χ2v) is 5.45.